The second kappa shape index (κ2) is 16.6. The van der Waals surface area contributed by atoms with Gasteiger partial charge in [-0.2, -0.15) is 0 Å². The van der Waals surface area contributed by atoms with Crippen molar-refractivity contribution in [1.82, 2.24) is 19.7 Å². The molecule has 4 rings (SSSR count). The third-order valence-corrected chi connectivity index (χ3v) is 8.16. The van der Waals surface area contributed by atoms with Crippen molar-refractivity contribution < 1.29 is 37.8 Å². The van der Waals surface area contributed by atoms with E-state index in [1.165, 1.54) is 17.1 Å². The van der Waals surface area contributed by atoms with Gasteiger partial charge in [0.25, 0.3) is 11.8 Å². The summed E-state index contributed by atoms with van der Waals surface area (Å²) in [6.07, 6.45) is 4.16. The van der Waals surface area contributed by atoms with Crippen LogP contribution >= 0.6 is 0 Å². The molecule has 0 saturated carbocycles. The molecule has 4 amide bonds. The molecule has 1 aliphatic rings. The van der Waals surface area contributed by atoms with Crippen LogP contribution in [0.25, 0.3) is 11.1 Å². The van der Waals surface area contributed by atoms with Crippen molar-refractivity contribution >= 4 is 23.6 Å². The minimum atomic E-state index is -1.01. The van der Waals surface area contributed by atoms with Gasteiger partial charge in [0.1, 0.15) is 18.2 Å². The number of carbonyl (C=O) groups is 4. The van der Waals surface area contributed by atoms with Crippen molar-refractivity contribution in [2.24, 2.45) is 11.1 Å². The molecule has 13 heteroatoms. The van der Waals surface area contributed by atoms with Gasteiger partial charge in [0.2, 0.25) is 11.8 Å². The number of nitrogens with zero attached hydrogens (tertiary/aromatic N) is 3. The van der Waals surface area contributed by atoms with Crippen molar-refractivity contribution in [2.75, 3.05) is 39.5 Å². The number of benzene rings is 2. The van der Waals surface area contributed by atoms with E-state index < -0.39 is 59.4 Å². The van der Waals surface area contributed by atoms with Crippen molar-refractivity contribution in [2.45, 2.75) is 45.8 Å². The van der Waals surface area contributed by atoms with Crippen molar-refractivity contribution in [3.63, 3.8) is 0 Å². The third kappa shape index (κ3) is 9.68. The average Bonchev–Trinajstić information content (AvgIpc) is 3.62. The summed E-state index contributed by atoms with van der Waals surface area (Å²) in [5.74, 6) is -3.06. The molecule has 11 nitrogen and oxygen atoms in total. The van der Waals surface area contributed by atoms with E-state index in [4.69, 9.17) is 10.5 Å². The lowest BCUT2D eigenvalue weighted by atomic mass is 9.82. The van der Waals surface area contributed by atoms with Crippen LogP contribution < -0.4 is 11.1 Å². The molecule has 49 heavy (non-hydrogen) atoms. The highest BCUT2D eigenvalue weighted by Crippen LogP contribution is 2.41. The minimum Gasteiger partial charge on any atom is -0.387 e. The molecule has 0 radical (unpaired) electrons. The molecule has 0 spiro atoms. The molecule has 3 aromatic rings. The van der Waals surface area contributed by atoms with Gasteiger partial charge in [-0.3, -0.25) is 24.1 Å². The number of hydrogen-bond donors (Lipinski definition) is 3. The smallest absolute Gasteiger partial charge is 0.253 e. The first-order valence-corrected chi connectivity index (χ1v) is 16.0. The Morgan fingerprint density at radius 2 is 1.71 bits per heavy atom. The van der Waals surface area contributed by atoms with E-state index in [1.54, 1.807) is 12.3 Å². The number of aliphatic hydroxyl groups is 1. The normalized spacial score (nSPS) is 14.3. The van der Waals surface area contributed by atoms with Crippen LogP contribution in [0.4, 0.5) is 8.78 Å². The van der Waals surface area contributed by atoms with Gasteiger partial charge in [-0.05, 0) is 41.7 Å². The van der Waals surface area contributed by atoms with Gasteiger partial charge >= 0.3 is 0 Å². The highest BCUT2D eigenvalue weighted by Gasteiger charge is 2.37. The van der Waals surface area contributed by atoms with Crippen LogP contribution in [-0.4, -0.2) is 88.6 Å². The van der Waals surface area contributed by atoms with Crippen LogP contribution in [0.3, 0.4) is 0 Å². The zero-order valence-electron chi connectivity index (χ0n) is 27.9. The van der Waals surface area contributed by atoms with E-state index in [2.05, 4.69) is 5.32 Å². The number of ether oxygens (including phenoxy) is 1. The zero-order valence-corrected chi connectivity index (χ0v) is 27.9. The summed E-state index contributed by atoms with van der Waals surface area (Å²) in [6.45, 7) is 5.82. The van der Waals surface area contributed by atoms with E-state index in [9.17, 15) is 33.1 Å². The van der Waals surface area contributed by atoms with Gasteiger partial charge in [0.05, 0.1) is 31.8 Å². The maximum atomic E-state index is 15.0. The summed E-state index contributed by atoms with van der Waals surface area (Å²) >= 11 is 0. The standard InChI is InChI=1S/C36H43F2N5O6/c1-36(2,3)34(30-19-25(27-20-26(37)9-10-28(27)38)22-41(30)21-24-7-5-4-6-8-24)43(33(47)23-44)15-13-29(39)35(48)40-14-17-49-18-16-42-31(45)11-12-32(42)46/h4-12,19-20,22,29,34,44H,13-18,21,23,39H2,1-3H3,(H,40,48)/t29-,34-/m0/s1. The van der Waals surface area contributed by atoms with Gasteiger partial charge in [0, 0.05) is 54.8 Å². The molecule has 0 aliphatic carbocycles. The lowest BCUT2D eigenvalue weighted by molar-refractivity contribution is -0.140. The molecule has 262 valence electrons. The Morgan fingerprint density at radius 3 is 2.37 bits per heavy atom. The van der Waals surface area contributed by atoms with Crippen LogP contribution in [-0.2, 0) is 30.5 Å². The number of rotatable bonds is 16. The van der Waals surface area contributed by atoms with Gasteiger partial charge in [-0.25, -0.2) is 8.78 Å². The number of nitrogens with one attached hydrogen (secondary N) is 1. The van der Waals surface area contributed by atoms with Gasteiger partial charge in [-0.15, -0.1) is 0 Å². The fourth-order valence-corrected chi connectivity index (χ4v) is 5.80. The summed E-state index contributed by atoms with van der Waals surface area (Å²) in [4.78, 5) is 51.9. The number of carbonyl (C=O) groups excluding carboxylic acids is 4. The highest BCUT2D eigenvalue weighted by molar-refractivity contribution is 6.12. The maximum Gasteiger partial charge on any atom is 0.253 e. The fraction of sp³-hybridized carbons (Fsp3) is 0.389. The second-order valence-electron chi connectivity index (χ2n) is 12.9. The van der Waals surface area contributed by atoms with E-state index in [-0.39, 0.29) is 44.8 Å². The Bertz CT molecular complexity index is 1650. The first-order valence-electron chi connectivity index (χ1n) is 16.0. The Labute approximate surface area is 284 Å². The largest absolute Gasteiger partial charge is 0.387 e. The quantitative estimate of drug-likeness (QED) is 0.156. The first kappa shape index (κ1) is 37.1. The van der Waals surface area contributed by atoms with Crippen LogP contribution in [0.15, 0.2) is 72.9 Å². The second-order valence-corrected chi connectivity index (χ2v) is 12.9. The molecule has 2 heterocycles. The number of amides is 4. The Kier molecular flexibility index (Phi) is 12.6. The van der Waals surface area contributed by atoms with E-state index in [0.29, 0.717) is 17.8 Å². The van der Waals surface area contributed by atoms with Crippen LogP contribution in [0, 0.1) is 17.0 Å². The van der Waals surface area contributed by atoms with Gasteiger partial charge < -0.3 is 30.4 Å². The molecule has 1 aliphatic heterocycles. The van der Waals surface area contributed by atoms with E-state index in [0.717, 1.165) is 28.7 Å². The fourth-order valence-electron chi connectivity index (χ4n) is 5.80. The number of aliphatic hydroxyl groups excluding tert-OH is 1. The molecule has 0 fully saturated rings. The average molecular weight is 680 g/mol. The predicted molar refractivity (Wildman–Crippen MR) is 179 cm³/mol. The zero-order chi connectivity index (χ0) is 35.7. The van der Waals surface area contributed by atoms with E-state index >= 15 is 0 Å². The lowest BCUT2D eigenvalue weighted by Crippen LogP contribution is -2.48. The van der Waals surface area contributed by atoms with Gasteiger partial charge in [0.15, 0.2) is 0 Å². The van der Waals surface area contributed by atoms with Crippen molar-refractivity contribution in [1.29, 1.82) is 0 Å². The van der Waals surface area contributed by atoms with Crippen LogP contribution in [0.1, 0.15) is 44.5 Å². The summed E-state index contributed by atoms with van der Waals surface area (Å²) in [6, 6.07) is 12.8. The maximum absolute atomic E-state index is 15.0. The molecular formula is C36H43F2N5O6. The monoisotopic (exact) mass is 679 g/mol. The van der Waals surface area contributed by atoms with Crippen LogP contribution in [0.2, 0.25) is 0 Å². The molecule has 0 saturated heterocycles. The molecule has 2 aromatic carbocycles. The number of hydrogen-bond acceptors (Lipinski definition) is 7. The molecule has 1 aromatic heterocycles. The summed E-state index contributed by atoms with van der Waals surface area (Å²) in [5.41, 5.74) is 7.65. The highest BCUT2D eigenvalue weighted by atomic mass is 19.1. The third-order valence-electron chi connectivity index (χ3n) is 8.16. The molecule has 2 atom stereocenters. The Balaban J connectivity index is 1.50. The lowest BCUT2D eigenvalue weighted by Gasteiger charge is -2.41. The minimum absolute atomic E-state index is 0.0124. The number of halogens is 2. The van der Waals surface area contributed by atoms with Crippen molar-refractivity contribution in [3.05, 3.63) is 95.8 Å². The van der Waals surface area contributed by atoms with Gasteiger partial charge in [-0.1, -0.05) is 51.1 Å². The molecular weight excluding hydrogens is 636 g/mol. The Morgan fingerprint density at radius 1 is 1.02 bits per heavy atom. The molecule has 0 unspecified atom stereocenters. The summed E-state index contributed by atoms with van der Waals surface area (Å²) < 4.78 is 36.5. The number of imide groups is 1. The Hall–Kier alpha value is -4.72. The van der Waals surface area contributed by atoms with Crippen molar-refractivity contribution in [3.8, 4) is 11.1 Å². The number of nitrogens with two attached hydrogens (primary N) is 1. The first-order chi connectivity index (χ1) is 23.3. The van der Waals surface area contributed by atoms with Crippen LogP contribution in [0.5, 0.6) is 0 Å². The van der Waals surface area contributed by atoms with E-state index in [1.807, 2.05) is 55.7 Å². The molecule has 4 N–H and O–H groups in total. The summed E-state index contributed by atoms with van der Waals surface area (Å²) in [7, 11) is 0. The molecule has 0 bridgehead atoms. The summed E-state index contributed by atoms with van der Waals surface area (Å²) in [5, 5.41) is 12.7. The SMILES string of the molecule is CC(C)(C)[C@H](c1cc(-c2cc(F)ccc2F)cn1Cc1ccccc1)N(CC[C@H](N)C(=O)NCCOCCN1C(=O)C=CC1=O)C(=O)CO. The predicted octanol–water partition coefficient (Wildman–Crippen LogP) is 3.16. The number of aromatic nitrogens is 1. The topological polar surface area (TPSA) is 147 Å².